The number of aromatic nitrogens is 2. The highest BCUT2D eigenvalue weighted by Crippen LogP contribution is 2.27. The number of fused-ring (bicyclic) bond motifs is 2. The van der Waals surface area contributed by atoms with Crippen LogP contribution in [0.4, 0.5) is 5.69 Å². The number of pyridine rings is 1. The van der Waals surface area contributed by atoms with Crippen molar-refractivity contribution in [2.75, 3.05) is 5.32 Å². The van der Waals surface area contributed by atoms with Crippen LogP contribution in [0.3, 0.4) is 0 Å². The van der Waals surface area contributed by atoms with Crippen molar-refractivity contribution in [3.05, 3.63) is 70.4 Å². The second kappa shape index (κ2) is 6.93. The summed E-state index contributed by atoms with van der Waals surface area (Å²) in [5, 5.41) is 4.77. The summed E-state index contributed by atoms with van der Waals surface area (Å²) in [7, 11) is 0. The minimum Gasteiger partial charge on any atom is -0.322 e. The van der Waals surface area contributed by atoms with Gasteiger partial charge in [0, 0.05) is 17.2 Å². The molecule has 0 radical (unpaired) electrons. The van der Waals surface area contributed by atoms with E-state index in [1.807, 2.05) is 51.1 Å². The Kier molecular flexibility index (Phi) is 4.46. The standard InChI is InChI=1S/C22H19N3OS/c1-13-10-14(2)22-16(11-13)18(12-15(3)23-22)24-20(26)8-9-21-25-17-6-4-5-7-19(17)27-21/h4-12H,1-3H3,(H,23,24,26)/b9-8+. The zero-order valence-corrected chi connectivity index (χ0v) is 16.2. The molecule has 2 aromatic heterocycles. The first kappa shape index (κ1) is 17.4. The normalized spacial score (nSPS) is 11.5. The highest BCUT2D eigenvalue weighted by Gasteiger charge is 2.09. The van der Waals surface area contributed by atoms with E-state index in [0.29, 0.717) is 0 Å². The molecule has 0 spiro atoms. The highest BCUT2D eigenvalue weighted by molar-refractivity contribution is 7.19. The van der Waals surface area contributed by atoms with Gasteiger partial charge in [-0.05, 0) is 56.7 Å². The number of amides is 1. The molecule has 134 valence electrons. The smallest absolute Gasteiger partial charge is 0.248 e. The number of carbonyl (C=O) groups excluding carboxylic acids is 1. The summed E-state index contributed by atoms with van der Waals surface area (Å²) in [6, 6.07) is 14.0. The van der Waals surface area contributed by atoms with Crippen molar-refractivity contribution in [1.82, 2.24) is 9.97 Å². The summed E-state index contributed by atoms with van der Waals surface area (Å²) in [6.07, 6.45) is 3.29. The summed E-state index contributed by atoms with van der Waals surface area (Å²) in [5.74, 6) is -0.180. The van der Waals surface area contributed by atoms with Gasteiger partial charge in [-0.2, -0.15) is 0 Å². The largest absolute Gasteiger partial charge is 0.322 e. The van der Waals surface area contributed by atoms with Crippen LogP contribution in [-0.2, 0) is 4.79 Å². The maximum atomic E-state index is 12.5. The molecule has 4 nitrogen and oxygen atoms in total. The average molecular weight is 373 g/mol. The summed E-state index contributed by atoms with van der Waals surface area (Å²) in [6.45, 7) is 6.02. The van der Waals surface area contributed by atoms with Crippen molar-refractivity contribution in [2.24, 2.45) is 0 Å². The van der Waals surface area contributed by atoms with Crippen LogP contribution in [0.15, 0.2) is 48.5 Å². The molecule has 1 N–H and O–H groups in total. The summed E-state index contributed by atoms with van der Waals surface area (Å²) in [5.41, 5.74) is 5.78. The molecule has 0 saturated carbocycles. The number of anilines is 1. The first-order valence-electron chi connectivity index (χ1n) is 8.73. The van der Waals surface area contributed by atoms with Crippen LogP contribution < -0.4 is 5.32 Å². The number of benzene rings is 2. The molecule has 0 unspecified atom stereocenters. The predicted molar refractivity (Wildman–Crippen MR) is 113 cm³/mol. The van der Waals surface area contributed by atoms with E-state index in [1.54, 1.807) is 17.4 Å². The topological polar surface area (TPSA) is 54.9 Å². The van der Waals surface area contributed by atoms with Crippen LogP contribution in [-0.4, -0.2) is 15.9 Å². The van der Waals surface area contributed by atoms with E-state index in [-0.39, 0.29) is 5.91 Å². The Morgan fingerprint density at radius 2 is 1.89 bits per heavy atom. The van der Waals surface area contributed by atoms with E-state index < -0.39 is 0 Å². The number of aryl methyl sites for hydroxylation is 3. The van der Waals surface area contributed by atoms with E-state index >= 15 is 0 Å². The molecule has 2 aromatic carbocycles. The molecule has 0 aliphatic carbocycles. The Morgan fingerprint density at radius 3 is 2.70 bits per heavy atom. The Balaban J connectivity index is 1.62. The molecule has 0 aliphatic heterocycles. The lowest BCUT2D eigenvalue weighted by atomic mass is 10.0. The number of rotatable bonds is 3. The van der Waals surface area contributed by atoms with Gasteiger partial charge in [0.1, 0.15) is 5.01 Å². The van der Waals surface area contributed by atoms with Gasteiger partial charge >= 0.3 is 0 Å². The van der Waals surface area contributed by atoms with Crippen LogP contribution in [0.1, 0.15) is 21.8 Å². The van der Waals surface area contributed by atoms with Crippen LogP contribution in [0, 0.1) is 20.8 Å². The Morgan fingerprint density at radius 1 is 1.07 bits per heavy atom. The van der Waals surface area contributed by atoms with Gasteiger partial charge < -0.3 is 5.32 Å². The number of hydrogen-bond acceptors (Lipinski definition) is 4. The van der Waals surface area contributed by atoms with Gasteiger partial charge in [0.2, 0.25) is 5.91 Å². The number of hydrogen-bond donors (Lipinski definition) is 1. The fourth-order valence-corrected chi connectivity index (χ4v) is 4.07. The highest BCUT2D eigenvalue weighted by atomic mass is 32.1. The molecular weight excluding hydrogens is 354 g/mol. The molecule has 2 heterocycles. The van der Waals surface area contributed by atoms with Crippen LogP contribution in [0.5, 0.6) is 0 Å². The van der Waals surface area contributed by atoms with Gasteiger partial charge in [0.15, 0.2) is 0 Å². The maximum absolute atomic E-state index is 12.5. The van der Waals surface area contributed by atoms with Gasteiger partial charge in [-0.25, -0.2) is 4.98 Å². The third-order valence-corrected chi connectivity index (χ3v) is 5.32. The van der Waals surface area contributed by atoms with Crippen LogP contribution in [0.25, 0.3) is 27.2 Å². The van der Waals surface area contributed by atoms with Gasteiger partial charge in [-0.1, -0.05) is 23.8 Å². The lowest BCUT2D eigenvalue weighted by molar-refractivity contribution is -0.111. The lowest BCUT2D eigenvalue weighted by Crippen LogP contribution is -2.09. The van der Waals surface area contributed by atoms with Crippen molar-refractivity contribution >= 4 is 50.1 Å². The summed E-state index contributed by atoms with van der Waals surface area (Å²) < 4.78 is 1.11. The van der Waals surface area contributed by atoms with E-state index in [1.165, 1.54) is 6.08 Å². The van der Waals surface area contributed by atoms with Crippen molar-refractivity contribution in [1.29, 1.82) is 0 Å². The molecule has 1 amide bonds. The molecule has 4 rings (SSSR count). The minimum absolute atomic E-state index is 0.180. The lowest BCUT2D eigenvalue weighted by Gasteiger charge is -2.11. The third-order valence-electron chi connectivity index (χ3n) is 4.32. The SMILES string of the molecule is Cc1cc(C)c2nc(C)cc(NC(=O)/C=C/c3nc4ccccc4s3)c2c1. The number of thiazole rings is 1. The average Bonchev–Trinajstić information content (AvgIpc) is 3.04. The second-order valence-electron chi connectivity index (χ2n) is 6.63. The van der Waals surface area contributed by atoms with E-state index in [4.69, 9.17) is 0 Å². The molecule has 0 bridgehead atoms. The first-order chi connectivity index (χ1) is 13.0. The molecule has 27 heavy (non-hydrogen) atoms. The van der Waals surface area contributed by atoms with E-state index in [0.717, 1.165) is 48.6 Å². The quantitative estimate of drug-likeness (QED) is 0.488. The van der Waals surface area contributed by atoms with Crippen LogP contribution >= 0.6 is 11.3 Å². The van der Waals surface area contributed by atoms with Gasteiger partial charge in [0.25, 0.3) is 0 Å². The molecule has 5 heteroatoms. The third kappa shape index (κ3) is 3.59. The number of carbonyl (C=O) groups is 1. The molecule has 4 aromatic rings. The Hall–Kier alpha value is -3.05. The summed E-state index contributed by atoms with van der Waals surface area (Å²) >= 11 is 1.57. The second-order valence-corrected chi connectivity index (χ2v) is 7.69. The van der Waals surface area contributed by atoms with Gasteiger partial charge in [0.05, 0.1) is 21.4 Å². The fourth-order valence-electron chi connectivity index (χ4n) is 3.20. The number of para-hydroxylation sites is 1. The van der Waals surface area contributed by atoms with Crippen LogP contribution in [0.2, 0.25) is 0 Å². The minimum atomic E-state index is -0.180. The molecule has 0 aliphatic rings. The number of nitrogens with zero attached hydrogens (tertiary/aromatic N) is 2. The zero-order chi connectivity index (χ0) is 19.0. The van der Waals surface area contributed by atoms with Crippen molar-refractivity contribution in [2.45, 2.75) is 20.8 Å². The Labute approximate surface area is 161 Å². The van der Waals surface area contributed by atoms with Gasteiger partial charge in [-0.15, -0.1) is 11.3 Å². The molecule has 0 saturated heterocycles. The molecule has 0 atom stereocenters. The summed E-state index contributed by atoms with van der Waals surface area (Å²) in [4.78, 5) is 21.6. The Bertz CT molecular complexity index is 1170. The predicted octanol–water partition coefficient (Wildman–Crippen LogP) is 5.42. The maximum Gasteiger partial charge on any atom is 0.248 e. The molecule has 0 fully saturated rings. The first-order valence-corrected chi connectivity index (χ1v) is 9.54. The fraction of sp³-hybridized carbons (Fsp3) is 0.136. The van der Waals surface area contributed by atoms with Gasteiger partial charge in [-0.3, -0.25) is 9.78 Å². The van der Waals surface area contributed by atoms with E-state index in [9.17, 15) is 4.79 Å². The number of nitrogens with one attached hydrogen (secondary N) is 1. The van der Waals surface area contributed by atoms with Crippen molar-refractivity contribution in [3.63, 3.8) is 0 Å². The monoisotopic (exact) mass is 373 g/mol. The van der Waals surface area contributed by atoms with Crippen molar-refractivity contribution in [3.8, 4) is 0 Å². The zero-order valence-electron chi connectivity index (χ0n) is 15.4. The molecular formula is C22H19N3OS. The van der Waals surface area contributed by atoms with E-state index in [2.05, 4.69) is 27.4 Å². The van der Waals surface area contributed by atoms with Crippen molar-refractivity contribution < 1.29 is 4.79 Å².